The molecule has 1 aromatic heterocycles. The highest BCUT2D eigenvalue weighted by atomic mass is 16.6. The molecule has 0 saturated carbocycles. The Morgan fingerprint density at radius 3 is 2.78 bits per heavy atom. The molecule has 1 N–H and O–H groups in total. The van der Waals surface area contributed by atoms with Crippen molar-refractivity contribution in [2.24, 2.45) is 0 Å². The molecule has 23 heavy (non-hydrogen) atoms. The standard InChI is InChI=1S/C16H14N4O3/c1-11-17-9-16(20(22)23)19(11)10-15(21)18-14-8-4-6-12-5-2-3-7-13(12)14/h2-9H,10H2,1H3,(H,18,21). The van der Waals surface area contributed by atoms with Crippen LogP contribution in [0.2, 0.25) is 0 Å². The monoisotopic (exact) mass is 310 g/mol. The van der Waals surface area contributed by atoms with Gasteiger partial charge < -0.3 is 15.4 Å². The number of anilines is 1. The molecule has 0 aliphatic rings. The minimum absolute atomic E-state index is 0.161. The van der Waals surface area contributed by atoms with E-state index in [9.17, 15) is 14.9 Å². The van der Waals surface area contributed by atoms with E-state index in [1.54, 1.807) is 13.0 Å². The molecule has 1 heterocycles. The van der Waals surface area contributed by atoms with E-state index in [2.05, 4.69) is 10.3 Å². The number of carbonyl (C=O) groups is 1. The van der Waals surface area contributed by atoms with E-state index in [0.717, 1.165) is 17.0 Å². The molecule has 3 rings (SSSR count). The Hall–Kier alpha value is -3.22. The van der Waals surface area contributed by atoms with Crippen LogP contribution in [-0.4, -0.2) is 20.4 Å². The van der Waals surface area contributed by atoms with Crippen molar-refractivity contribution in [2.45, 2.75) is 13.5 Å². The van der Waals surface area contributed by atoms with Crippen LogP contribution in [0.25, 0.3) is 10.8 Å². The van der Waals surface area contributed by atoms with Crippen LogP contribution in [0.15, 0.2) is 48.7 Å². The number of fused-ring (bicyclic) bond motifs is 1. The molecule has 0 aliphatic heterocycles. The summed E-state index contributed by atoms with van der Waals surface area (Å²) in [6, 6.07) is 13.3. The van der Waals surface area contributed by atoms with Crippen LogP contribution >= 0.6 is 0 Å². The molecule has 7 nitrogen and oxygen atoms in total. The van der Waals surface area contributed by atoms with Crippen molar-refractivity contribution in [1.82, 2.24) is 9.55 Å². The van der Waals surface area contributed by atoms with Crippen LogP contribution in [0.1, 0.15) is 5.82 Å². The summed E-state index contributed by atoms with van der Waals surface area (Å²) < 4.78 is 1.28. The summed E-state index contributed by atoms with van der Waals surface area (Å²) in [5.41, 5.74) is 0.675. The van der Waals surface area contributed by atoms with Crippen molar-refractivity contribution in [2.75, 3.05) is 5.32 Å². The molecule has 3 aromatic rings. The Morgan fingerprint density at radius 2 is 2.00 bits per heavy atom. The van der Waals surface area contributed by atoms with Gasteiger partial charge in [0, 0.05) is 18.0 Å². The summed E-state index contributed by atoms with van der Waals surface area (Å²) in [6.45, 7) is 1.46. The molecule has 2 aromatic carbocycles. The molecule has 0 unspecified atom stereocenters. The van der Waals surface area contributed by atoms with Gasteiger partial charge in [-0.05, 0) is 16.4 Å². The summed E-state index contributed by atoms with van der Waals surface area (Å²) in [7, 11) is 0. The van der Waals surface area contributed by atoms with Crippen molar-refractivity contribution in [3.63, 3.8) is 0 Å². The second-order valence-corrected chi connectivity index (χ2v) is 5.08. The van der Waals surface area contributed by atoms with Crippen molar-refractivity contribution in [1.29, 1.82) is 0 Å². The lowest BCUT2D eigenvalue weighted by Crippen LogP contribution is -2.20. The molecular formula is C16H14N4O3. The zero-order valence-electron chi connectivity index (χ0n) is 12.4. The summed E-state index contributed by atoms with van der Waals surface area (Å²) in [6.07, 6.45) is 1.15. The average molecular weight is 310 g/mol. The molecule has 0 spiro atoms. The molecule has 0 saturated heterocycles. The SMILES string of the molecule is Cc1ncc([N+](=O)[O-])n1CC(=O)Nc1cccc2ccccc12. The van der Waals surface area contributed by atoms with Gasteiger partial charge in [0.05, 0.1) is 0 Å². The predicted octanol–water partition coefficient (Wildman–Crippen LogP) is 2.89. The third-order valence-electron chi connectivity index (χ3n) is 3.59. The quantitative estimate of drug-likeness (QED) is 0.592. The number of carbonyl (C=O) groups excluding carboxylic acids is 1. The van der Waals surface area contributed by atoms with Gasteiger partial charge in [0.2, 0.25) is 0 Å². The van der Waals surface area contributed by atoms with Gasteiger partial charge in [-0.15, -0.1) is 0 Å². The van der Waals surface area contributed by atoms with E-state index in [1.165, 1.54) is 4.57 Å². The number of nitro groups is 1. The Balaban J connectivity index is 1.85. The number of hydrogen-bond acceptors (Lipinski definition) is 4. The zero-order valence-corrected chi connectivity index (χ0v) is 12.4. The first-order chi connectivity index (χ1) is 11.1. The number of nitrogens with zero attached hydrogens (tertiary/aromatic N) is 3. The number of hydrogen-bond donors (Lipinski definition) is 1. The number of nitrogens with one attached hydrogen (secondary N) is 1. The molecule has 0 atom stereocenters. The highest BCUT2D eigenvalue weighted by molar-refractivity contribution is 6.02. The third kappa shape index (κ3) is 2.89. The van der Waals surface area contributed by atoms with Crippen LogP contribution in [0, 0.1) is 17.0 Å². The Bertz CT molecular complexity index is 896. The summed E-state index contributed by atoms with van der Waals surface area (Å²) >= 11 is 0. The molecule has 1 amide bonds. The summed E-state index contributed by atoms with van der Waals surface area (Å²) in [5.74, 6) is -0.120. The number of amides is 1. The third-order valence-corrected chi connectivity index (χ3v) is 3.59. The fraction of sp³-hybridized carbons (Fsp3) is 0.125. The van der Waals surface area contributed by atoms with E-state index in [1.807, 2.05) is 36.4 Å². The topological polar surface area (TPSA) is 90.1 Å². The maximum Gasteiger partial charge on any atom is 0.343 e. The van der Waals surface area contributed by atoms with Crippen LogP contribution in [0.5, 0.6) is 0 Å². The second-order valence-electron chi connectivity index (χ2n) is 5.08. The molecule has 0 aliphatic carbocycles. The van der Waals surface area contributed by atoms with Crippen LogP contribution in [-0.2, 0) is 11.3 Å². The van der Waals surface area contributed by atoms with Gasteiger partial charge in [0.25, 0.3) is 5.91 Å². The van der Waals surface area contributed by atoms with E-state index < -0.39 is 4.92 Å². The first-order valence-corrected chi connectivity index (χ1v) is 7.00. The fourth-order valence-electron chi connectivity index (χ4n) is 2.47. The van der Waals surface area contributed by atoms with Gasteiger partial charge in [0.15, 0.2) is 12.4 Å². The maximum absolute atomic E-state index is 12.3. The molecule has 116 valence electrons. The van der Waals surface area contributed by atoms with E-state index >= 15 is 0 Å². The molecular weight excluding hydrogens is 296 g/mol. The van der Waals surface area contributed by atoms with E-state index in [4.69, 9.17) is 0 Å². The molecule has 7 heteroatoms. The van der Waals surface area contributed by atoms with Gasteiger partial charge in [-0.1, -0.05) is 36.4 Å². The summed E-state index contributed by atoms with van der Waals surface area (Å²) in [5, 5.41) is 15.7. The highest BCUT2D eigenvalue weighted by Gasteiger charge is 2.20. The minimum Gasteiger partial charge on any atom is -0.358 e. The van der Waals surface area contributed by atoms with Crippen molar-refractivity contribution in [3.05, 3.63) is 64.6 Å². The number of rotatable bonds is 4. The van der Waals surface area contributed by atoms with E-state index in [-0.39, 0.29) is 18.3 Å². The Labute approximate surface area is 131 Å². The van der Waals surface area contributed by atoms with Crippen LogP contribution in [0.4, 0.5) is 11.5 Å². The number of aromatic nitrogens is 2. The van der Waals surface area contributed by atoms with Gasteiger partial charge in [-0.25, -0.2) is 9.55 Å². The predicted molar refractivity (Wildman–Crippen MR) is 86.2 cm³/mol. The largest absolute Gasteiger partial charge is 0.358 e. The van der Waals surface area contributed by atoms with Crippen molar-refractivity contribution < 1.29 is 9.72 Å². The number of imidazole rings is 1. The average Bonchev–Trinajstić information content (AvgIpc) is 2.89. The lowest BCUT2D eigenvalue weighted by molar-refractivity contribution is -0.392. The molecule has 0 fully saturated rings. The molecule has 0 bridgehead atoms. The Kier molecular flexibility index (Phi) is 3.76. The maximum atomic E-state index is 12.3. The van der Waals surface area contributed by atoms with Crippen LogP contribution < -0.4 is 5.32 Å². The van der Waals surface area contributed by atoms with Crippen molar-refractivity contribution >= 4 is 28.2 Å². The first-order valence-electron chi connectivity index (χ1n) is 7.00. The van der Waals surface area contributed by atoms with Gasteiger partial charge in [-0.3, -0.25) is 4.79 Å². The highest BCUT2D eigenvalue weighted by Crippen LogP contribution is 2.23. The number of benzene rings is 2. The number of aryl methyl sites for hydroxylation is 1. The van der Waals surface area contributed by atoms with Gasteiger partial charge >= 0.3 is 5.82 Å². The lowest BCUT2D eigenvalue weighted by Gasteiger charge is -2.08. The zero-order chi connectivity index (χ0) is 16.4. The second kappa shape index (κ2) is 5.88. The molecule has 0 radical (unpaired) electrons. The fourth-order valence-corrected chi connectivity index (χ4v) is 2.47. The minimum atomic E-state index is -0.550. The van der Waals surface area contributed by atoms with Gasteiger partial charge in [0.1, 0.15) is 6.20 Å². The lowest BCUT2D eigenvalue weighted by atomic mass is 10.1. The Morgan fingerprint density at radius 1 is 1.26 bits per heavy atom. The van der Waals surface area contributed by atoms with E-state index in [0.29, 0.717) is 11.5 Å². The summed E-state index contributed by atoms with van der Waals surface area (Å²) in [4.78, 5) is 26.6. The van der Waals surface area contributed by atoms with Gasteiger partial charge in [-0.2, -0.15) is 0 Å². The smallest absolute Gasteiger partial charge is 0.343 e. The van der Waals surface area contributed by atoms with Crippen molar-refractivity contribution in [3.8, 4) is 0 Å². The first kappa shape index (κ1) is 14.7. The van der Waals surface area contributed by atoms with Crippen LogP contribution in [0.3, 0.4) is 0 Å². The normalized spacial score (nSPS) is 10.7.